The largest absolute Gasteiger partial charge is 0.341 e. The minimum absolute atomic E-state index is 0.259. The van der Waals surface area contributed by atoms with Crippen LogP contribution in [0.5, 0.6) is 0 Å². The number of pyridine rings is 1. The van der Waals surface area contributed by atoms with Crippen LogP contribution in [0.15, 0.2) is 43.0 Å². The normalized spacial score (nSPS) is 22.6. The van der Waals surface area contributed by atoms with E-state index in [1.807, 2.05) is 17.0 Å². The van der Waals surface area contributed by atoms with Crippen molar-refractivity contribution in [3.05, 3.63) is 54.3 Å². The highest BCUT2D eigenvalue weighted by Crippen LogP contribution is 2.35. The van der Waals surface area contributed by atoms with Gasteiger partial charge in [0.25, 0.3) is 0 Å². The number of allylic oxidation sites excluding steroid dienone is 2. The highest BCUT2D eigenvalue weighted by atomic mass is 16.2. The van der Waals surface area contributed by atoms with Gasteiger partial charge in [0.1, 0.15) is 6.33 Å². The van der Waals surface area contributed by atoms with Crippen molar-refractivity contribution in [1.29, 1.82) is 0 Å². The Morgan fingerprint density at radius 1 is 1.12 bits per heavy atom. The summed E-state index contributed by atoms with van der Waals surface area (Å²) in [7, 11) is 0. The summed E-state index contributed by atoms with van der Waals surface area (Å²) in [5.41, 5.74) is 4.00. The summed E-state index contributed by atoms with van der Waals surface area (Å²) in [6.45, 7) is 3.58. The van der Waals surface area contributed by atoms with E-state index in [9.17, 15) is 4.79 Å². The van der Waals surface area contributed by atoms with E-state index < -0.39 is 0 Å². The van der Waals surface area contributed by atoms with Crippen molar-refractivity contribution in [1.82, 2.24) is 19.9 Å². The molecule has 3 heterocycles. The quantitative estimate of drug-likeness (QED) is 0.782. The van der Waals surface area contributed by atoms with Crippen molar-refractivity contribution in [3.8, 4) is 11.3 Å². The van der Waals surface area contributed by atoms with Crippen molar-refractivity contribution in [2.45, 2.75) is 39.0 Å². The molecule has 0 fully saturated rings. The molecule has 1 unspecified atom stereocenters. The molecule has 26 heavy (non-hydrogen) atoms. The van der Waals surface area contributed by atoms with E-state index in [0.29, 0.717) is 0 Å². The fraction of sp³-hybridized carbons (Fsp3) is 0.429. The molecule has 0 spiro atoms. The van der Waals surface area contributed by atoms with E-state index in [2.05, 4.69) is 34.0 Å². The number of rotatable bonds is 2. The Hall–Kier alpha value is -2.56. The zero-order valence-electron chi connectivity index (χ0n) is 15.2. The Labute approximate surface area is 154 Å². The summed E-state index contributed by atoms with van der Waals surface area (Å²) >= 11 is 0. The Balaban J connectivity index is 1.58. The maximum Gasteiger partial charge on any atom is 0.228 e. The maximum absolute atomic E-state index is 13.2. The molecule has 0 aromatic carbocycles. The summed E-state index contributed by atoms with van der Waals surface area (Å²) < 4.78 is 0. The number of carbonyl (C=O) groups excluding carboxylic acids is 1. The molecule has 5 nitrogen and oxygen atoms in total. The van der Waals surface area contributed by atoms with Gasteiger partial charge in [0.05, 0.1) is 11.1 Å². The van der Waals surface area contributed by atoms with Gasteiger partial charge in [0.15, 0.2) is 0 Å². The van der Waals surface area contributed by atoms with Crippen LogP contribution in [0.4, 0.5) is 0 Å². The number of nitrogens with zero attached hydrogens (tertiary/aromatic N) is 4. The molecule has 0 bridgehead atoms. The van der Waals surface area contributed by atoms with Crippen LogP contribution in [-0.2, 0) is 17.6 Å². The average Bonchev–Trinajstić information content (AvgIpc) is 2.91. The van der Waals surface area contributed by atoms with Crippen molar-refractivity contribution in [3.63, 3.8) is 0 Å². The lowest BCUT2D eigenvalue weighted by molar-refractivity contribution is -0.141. The highest BCUT2D eigenvalue weighted by molar-refractivity contribution is 5.83. The number of hydrogen-bond acceptors (Lipinski definition) is 4. The van der Waals surface area contributed by atoms with Gasteiger partial charge in [0.2, 0.25) is 5.91 Å². The van der Waals surface area contributed by atoms with Gasteiger partial charge in [-0.3, -0.25) is 9.78 Å². The fourth-order valence-corrected chi connectivity index (χ4v) is 4.03. The van der Waals surface area contributed by atoms with Gasteiger partial charge in [-0.15, -0.1) is 0 Å². The number of carbonyl (C=O) groups is 1. The van der Waals surface area contributed by atoms with Gasteiger partial charge in [0, 0.05) is 48.7 Å². The predicted octanol–water partition coefficient (Wildman–Crippen LogP) is 3.21. The number of amides is 1. The SMILES string of the molecule is CC1(C(=O)N2CCc3ncnc(-c4ccncc4)c3CC2)CC=CCC1. The van der Waals surface area contributed by atoms with Gasteiger partial charge in [-0.1, -0.05) is 19.1 Å². The lowest BCUT2D eigenvalue weighted by Crippen LogP contribution is -2.44. The molecule has 2 aromatic heterocycles. The topological polar surface area (TPSA) is 59.0 Å². The van der Waals surface area contributed by atoms with E-state index >= 15 is 0 Å². The zero-order chi connectivity index (χ0) is 18.0. The van der Waals surface area contributed by atoms with Crippen molar-refractivity contribution >= 4 is 5.91 Å². The van der Waals surface area contributed by atoms with E-state index in [1.165, 1.54) is 5.56 Å². The Morgan fingerprint density at radius 2 is 1.92 bits per heavy atom. The average molecular weight is 348 g/mol. The third kappa shape index (κ3) is 3.14. The van der Waals surface area contributed by atoms with E-state index in [1.54, 1.807) is 18.7 Å². The molecular weight excluding hydrogens is 324 g/mol. The first kappa shape index (κ1) is 16.9. The summed E-state index contributed by atoms with van der Waals surface area (Å²) in [5.74, 6) is 0.285. The fourth-order valence-electron chi connectivity index (χ4n) is 4.03. The van der Waals surface area contributed by atoms with Gasteiger partial charge in [-0.25, -0.2) is 9.97 Å². The van der Waals surface area contributed by atoms with Crippen LogP contribution in [-0.4, -0.2) is 38.8 Å². The molecule has 1 atom stereocenters. The first-order chi connectivity index (χ1) is 12.7. The molecule has 0 saturated heterocycles. The third-order valence-electron chi connectivity index (χ3n) is 5.64. The standard InChI is InChI=1S/C21H24N4O/c1-21(9-3-2-4-10-21)20(26)25-13-7-17-18(8-14-25)23-15-24-19(17)16-5-11-22-12-6-16/h2-3,5-6,11-12,15H,4,7-10,13-14H2,1H3. The summed E-state index contributed by atoms with van der Waals surface area (Å²) in [6.07, 6.45) is 13.9. The maximum atomic E-state index is 13.2. The molecule has 134 valence electrons. The van der Waals surface area contributed by atoms with Crippen molar-refractivity contribution in [2.75, 3.05) is 13.1 Å². The first-order valence-electron chi connectivity index (χ1n) is 9.35. The molecule has 1 amide bonds. The Kier molecular flexibility index (Phi) is 4.53. The Bertz CT molecular complexity index is 833. The predicted molar refractivity (Wildman–Crippen MR) is 100 cm³/mol. The van der Waals surface area contributed by atoms with Crippen LogP contribution in [0.25, 0.3) is 11.3 Å². The minimum atomic E-state index is -0.259. The third-order valence-corrected chi connectivity index (χ3v) is 5.64. The van der Waals surface area contributed by atoms with Crippen molar-refractivity contribution < 1.29 is 4.79 Å². The molecular formula is C21H24N4O. The molecule has 0 saturated carbocycles. The summed E-state index contributed by atoms with van der Waals surface area (Å²) in [5, 5.41) is 0. The smallest absolute Gasteiger partial charge is 0.228 e. The van der Waals surface area contributed by atoms with Crippen LogP contribution in [0, 0.1) is 5.41 Å². The molecule has 0 N–H and O–H groups in total. The molecule has 1 aliphatic heterocycles. The molecule has 0 radical (unpaired) electrons. The van der Waals surface area contributed by atoms with Gasteiger partial charge in [-0.05, 0) is 37.8 Å². The van der Waals surface area contributed by atoms with Crippen molar-refractivity contribution in [2.24, 2.45) is 5.41 Å². The van der Waals surface area contributed by atoms with Crippen LogP contribution >= 0.6 is 0 Å². The highest BCUT2D eigenvalue weighted by Gasteiger charge is 2.37. The van der Waals surface area contributed by atoms with Crippen LogP contribution in [0.2, 0.25) is 0 Å². The van der Waals surface area contributed by atoms with Gasteiger partial charge >= 0.3 is 0 Å². The van der Waals surface area contributed by atoms with Crippen LogP contribution in [0.1, 0.15) is 37.4 Å². The molecule has 2 aromatic rings. The number of fused-ring (bicyclic) bond motifs is 1. The van der Waals surface area contributed by atoms with E-state index in [-0.39, 0.29) is 11.3 Å². The van der Waals surface area contributed by atoms with E-state index in [0.717, 1.165) is 62.1 Å². The summed E-state index contributed by atoms with van der Waals surface area (Å²) in [4.78, 5) is 28.4. The lowest BCUT2D eigenvalue weighted by atomic mass is 9.77. The second-order valence-corrected chi connectivity index (χ2v) is 7.45. The van der Waals surface area contributed by atoms with Crippen LogP contribution in [0.3, 0.4) is 0 Å². The van der Waals surface area contributed by atoms with Crippen LogP contribution < -0.4 is 0 Å². The molecule has 5 heteroatoms. The monoisotopic (exact) mass is 348 g/mol. The number of aromatic nitrogens is 3. The summed E-state index contributed by atoms with van der Waals surface area (Å²) in [6, 6.07) is 3.96. The second-order valence-electron chi connectivity index (χ2n) is 7.45. The molecule has 4 rings (SSSR count). The van der Waals surface area contributed by atoms with Gasteiger partial charge in [-0.2, -0.15) is 0 Å². The van der Waals surface area contributed by atoms with E-state index in [4.69, 9.17) is 0 Å². The first-order valence-corrected chi connectivity index (χ1v) is 9.35. The lowest BCUT2D eigenvalue weighted by Gasteiger charge is -2.35. The zero-order valence-corrected chi connectivity index (χ0v) is 15.2. The Morgan fingerprint density at radius 3 is 2.69 bits per heavy atom. The van der Waals surface area contributed by atoms with Gasteiger partial charge < -0.3 is 4.90 Å². The minimum Gasteiger partial charge on any atom is -0.341 e. The number of hydrogen-bond donors (Lipinski definition) is 0. The molecule has 1 aliphatic carbocycles. The second kappa shape index (κ2) is 6.98. The molecule has 2 aliphatic rings.